The van der Waals surface area contributed by atoms with E-state index < -0.39 is 10.0 Å². The van der Waals surface area contributed by atoms with Gasteiger partial charge in [0.1, 0.15) is 0 Å². The fraction of sp³-hybridized carbons (Fsp3) is 0.500. The van der Waals surface area contributed by atoms with Gasteiger partial charge in [0.05, 0.1) is 25.6 Å². The molecular formula is C12H18ClNO4S. The molecule has 0 amide bonds. The van der Waals surface area contributed by atoms with Crippen LogP contribution < -0.4 is 4.72 Å². The molecule has 19 heavy (non-hydrogen) atoms. The highest BCUT2D eigenvalue weighted by Crippen LogP contribution is 2.20. The van der Waals surface area contributed by atoms with E-state index in [-0.39, 0.29) is 12.4 Å². The van der Waals surface area contributed by atoms with Crippen LogP contribution in [-0.4, -0.2) is 41.1 Å². The minimum absolute atomic E-state index is 0.109. The standard InChI is InChI=1S/C12H18ClNO4S/c1-10-3-4-11(9-12(10)13)14-19(15,16)8-7-18-6-5-17-2/h3-4,9,14H,5-8H2,1-2H3. The van der Waals surface area contributed by atoms with Crippen molar-refractivity contribution in [3.05, 3.63) is 28.8 Å². The van der Waals surface area contributed by atoms with Gasteiger partial charge in [-0.15, -0.1) is 0 Å². The van der Waals surface area contributed by atoms with Crippen LogP contribution in [0.1, 0.15) is 5.56 Å². The second kappa shape index (κ2) is 7.69. The molecule has 0 saturated carbocycles. The third kappa shape index (κ3) is 6.24. The molecule has 0 radical (unpaired) electrons. The maximum absolute atomic E-state index is 11.8. The van der Waals surface area contributed by atoms with Crippen molar-refractivity contribution in [1.29, 1.82) is 0 Å². The molecule has 0 atom stereocenters. The summed E-state index contributed by atoms with van der Waals surface area (Å²) < 4.78 is 35.9. The Balaban J connectivity index is 2.47. The molecule has 5 nitrogen and oxygen atoms in total. The second-order valence-electron chi connectivity index (χ2n) is 3.99. The van der Waals surface area contributed by atoms with Crippen LogP contribution in [0.5, 0.6) is 0 Å². The van der Waals surface area contributed by atoms with Crippen molar-refractivity contribution in [3.8, 4) is 0 Å². The average molecular weight is 308 g/mol. The molecule has 0 aromatic heterocycles. The van der Waals surface area contributed by atoms with Crippen molar-refractivity contribution >= 4 is 27.3 Å². The number of anilines is 1. The van der Waals surface area contributed by atoms with Crippen LogP contribution in [0.15, 0.2) is 18.2 Å². The summed E-state index contributed by atoms with van der Waals surface area (Å²) in [6, 6.07) is 5.01. The summed E-state index contributed by atoms with van der Waals surface area (Å²) in [5.41, 5.74) is 1.35. The fourth-order valence-corrected chi connectivity index (χ4v) is 2.41. The Bertz CT molecular complexity index is 504. The predicted molar refractivity (Wildman–Crippen MR) is 76.3 cm³/mol. The minimum atomic E-state index is -3.43. The molecule has 0 saturated heterocycles. The number of hydrogen-bond acceptors (Lipinski definition) is 4. The van der Waals surface area contributed by atoms with Gasteiger partial charge in [0.15, 0.2) is 0 Å². The van der Waals surface area contributed by atoms with Gasteiger partial charge in [-0.25, -0.2) is 8.42 Å². The molecule has 0 bridgehead atoms. The van der Waals surface area contributed by atoms with Crippen molar-refractivity contribution in [3.63, 3.8) is 0 Å². The van der Waals surface area contributed by atoms with Crippen molar-refractivity contribution in [2.75, 3.05) is 37.4 Å². The number of ether oxygens (including phenoxy) is 2. The topological polar surface area (TPSA) is 64.6 Å². The second-order valence-corrected chi connectivity index (χ2v) is 6.24. The first-order valence-corrected chi connectivity index (χ1v) is 7.81. The van der Waals surface area contributed by atoms with Gasteiger partial charge in [0, 0.05) is 17.8 Å². The highest BCUT2D eigenvalue weighted by atomic mass is 35.5. The molecule has 0 aliphatic carbocycles. The summed E-state index contributed by atoms with van der Waals surface area (Å²) in [6.07, 6.45) is 0. The summed E-state index contributed by atoms with van der Waals surface area (Å²) in [4.78, 5) is 0. The normalized spacial score (nSPS) is 11.5. The zero-order chi connectivity index (χ0) is 14.3. The zero-order valence-corrected chi connectivity index (χ0v) is 12.6. The number of nitrogens with one attached hydrogen (secondary N) is 1. The number of aryl methyl sites for hydroxylation is 1. The van der Waals surface area contributed by atoms with Crippen LogP contribution in [0, 0.1) is 6.92 Å². The summed E-state index contributed by atoms with van der Waals surface area (Å²) >= 11 is 5.93. The summed E-state index contributed by atoms with van der Waals surface area (Å²) in [5, 5.41) is 0.525. The number of hydrogen-bond donors (Lipinski definition) is 1. The molecule has 0 spiro atoms. The third-order valence-corrected chi connectivity index (χ3v) is 4.03. The van der Waals surface area contributed by atoms with Crippen LogP contribution in [0.4, 0.5) is 5.69 Å². The van der Waals surface area contributed by atoms with Crippen molar-refractivity contribution in [2.45, 2.75) is 6.92 Å². The Hall–Kier alpha value is -0.820. The van der Waals surface area contributed by atoms with E-state index >= 15 is 0 Å². The van der Waals surface area contributed by atoms with E-state index in [9.17, 15) is 8.42 Å². The maximum atomic E-state index is 11.8. The summed E-state index contributed by atoms with van der Waals surface area (Å²) in [5.74, 6) is -0.109. The van der Waals surface area contributed by atoms with Crippen LogP contribution in [0.3, 0.4) is 0 Å². The fourth-order valence-electron chi connectivity index (χ4n) is 1.30. The van der Waals surface area contributed by atoms with E-state index in [4.69, 9.17) is 21.1 Å². The molecule has 108 valence electrons. The SMILES string of the molecule is COCCOCCS(=O)(=O)Nc1ccc(C)c(Cl)c1. The Morgan fingerprint density at radius 1 is 1.26 bits per heavy atom. The lowest BCUT2D eigenvalue weighted by Crippen LogP contribution is -2.21. The number of halogens is 1. The molecule has 0 aliphatic heterocycles. The lowest BCUT2D eigenvalue weighted by Gasteiger charge is -2.09. The Morgan fingerprint density at radius 3 is 2.63 bits per heavy atom. The van der Waals surface area contributed by atoms with E-state index in [0.717, 1.165) is 5.56 Å². The lowest BCUT2D eigenvalue weighted by atomic mass is 10.2. The van der Waals surface area contributed by atoms with Crippen LogP contribution in [-0.2, 0) is 19.5 Å². The summed E-state index contributed by atoms with van der Waals surface area (Å²) in [6.45, 7) is 2.80. The van der Waals surface area contributed by atoms with Gasteiger partial charge in [0.25, 0.3) is 0 Å². The van der Waals surface area contributed by atoms with Gasteiger partial charge >= 0.3 is 0 Å². The molecule has 0 heterocycles. The van der Waals surface area contributed by atoms with E-state index in [1.165, 1.54) is 0 Å². The number of methoxy groups -OCH3 is 1. The Labute approximate surface area is 118 Å². The first kappa shape index (κ1) is 16.2. The molecule has 7 heteroatoms. The van der Waals surface area contributed by atoms with Crippen LogP contribution >= 0.6 is 11.6 Å². The van der Waals surface area contributed by atoms with Gasteiger partial charge < -0.3 is 9.47 Å². The zero-order valence-electron chi connectivity index (χ0n) is 11.0. The summed E-state index contributed by atoms with van der Waals surface area (Å²) in [7, 11) is -1.87. The van der Waals surface area contributed by atoms with Crippen molar-refractivity contribution < 1.29 is 17.9 Å². The van der Waals surface area contributed by atoms with Crippen molar-refractivity contribution in [2.24, 2.45) is 0 Å². The minimum Gasteiger partial charge on any atom is -0.382 e. The first-order valence-electron chi connectivity index (χ1n) is 5.78. The third-order valence-electron chi connectivity index (χ3n) is 2.37. The quantitative estimate of drug-likeness (QED) is 0.747. The molecule has 1 rings (SSSR count). The van der Waals surface area contributed by atoms with E-state index in [1.807, 2.05) is 6.92 Å². The van der Waals surface area contributed by atoms with Crippen LogP contribution in [0.25, 0.3) is 0 Å². The molecular weight excluding hydrogens is 290 g/mol. The van der Waals surface area contributed by atoms with E-state index in [2.05, 4.69) is 4.72 Å². The molecule has 0 aliphatic rings. The molecule has 0 fully saturated rings. The van der Waals surface area contributed by atoms with E-state index in [1.54, 1.807) is 25.3 Å². The molecule has 1 aromatic rings. The number of rotatable bonds is 8. The smallest absolute Gasteiger partial charge is 0.235 e. The monoisotopic (exact) mass is 307 g/mol. The maximum Gasteiger partial charge on any atom is 0.235 e. The number of benzene rings is 1. The first-order chi connectivity index (χ1) is 8.94. The molecule has 1 N–H and O–H groups in total. The van der Waals surface area contributed by atoms with Gasteiger partial charge in [-0.2, -0.15) is 0 Å². The largest absolute Gasteiger partial charge is 0.382 e. The van der Waals surface area contributed by atoms with Gasteiger partial charge in [0.2, 0.25) is 10.0 Å². The van der Waals surface area contributed by atoms with Crippen LogP contribution in [0.2, 0.25) is 5.02 Å². The molecule has 1 aromatic carbocycles. The highest BCUT2D eigenvalue weighted by Gasteiger charge is 2.10. The Kier molecular flexibility index (Phi) is 6.57. The number of sulfonamides is 1. The van der Waals surface area contributed by atoms with Crippen molar-refractivity contribution in [1.82, 2.24) is 0 Å². The van der Waals surface area contributed by atoms with Gasteiger partial charge in [-0.05, 0) is 24.6 Å². The Morgan fingerprint density at radius 2 is 2.00 bits per heavy atom. The van der Waals surface area contributed by atoms with Gasteiger partial charge in [-0.1, -0.05) is 17.7 Å². The van der Waals surface area contributed by atoms with Gasteiger partial charge in [-0.3, -0.25) is 4.72 Å². The predicted octanol–water partition coefficient (Wildman–Crippen LogP) is 2.05. The molecule has 0 unspecified atom stereocenters. The lowest BCUT2D eigenvalue weighted by molar-refractivity contribution is 0.0785. The van der Waals surface area contributed by atoms with E-state index in [0.29, 0.717) is 23.9 Å². The highest BCUT2D eigenvalue weighted by molar-refractivity contribution is 7.92. The average Bonchev–Trinajstić information content (AvgIpc) is 2.33.